The Kier molecular flexibility index (Phi) is 10.5. The summed E-state index contributed by atoms with van der Waals surface area (Å²) in [5, 5.41) is 8.23. The van der Waals surface area contributed by atoms with Gasteiger partial charge in [-0.25, -0.2) is 0 Å². The molecule has 2 rings (SSSR count). The van der Waals surface area contributed by atoms with Crippen LogP contribution in [0.25, 0.3) is 0 Å². The number of likely N-dealkylation sites (N-methyl/N-ethyl adjacent to an activating group) is 1. The van der Waals surface area contributed by atoms with Gasteiger partial charge in [0, 0.05) is 19.9 Å². The molecule has 0 heterocycles. The van der Waals surface area contributed by atoms with Crippen molar-refractivity contribution < 1.29 is 14.4 Å². The summed E-state index contributed by atoms with van der Waals surface area (Å²) in [6, 6.07) is 18.6. The summed E-state index contributed by atoms with van der Waals surface area (Å²) in [6.45, 7) is 3.92. The molecule has 2 aromatic carbocycles. The number of benzene rings is 2. The van der Waals surface area contributed by atoms with E-state index in [4.69, 9.17) is 0 Å². The van der Waals surface area contributed by atoms with Crippen molar-refractivity contribution in [3.8, 4) is 0 Å². The first kappa shape index (κ1) is 26.5. The molecule has 0 aliphatic carbocycles. The van der Waals surface area contributed by atoms with Crippen molar-refractivity contribution >= 4 is 30.4 Å². The Bertz CT molecular complexity index is 906. The van der Waals surface area contributed by atoms with E-state index < -0.39 is 16.8 Å². The molecule has 3 amide bonds. The number of nitrogens with one attached hydrogen (secondary N) is 3. The normalized spacial score (nSPS) is 13.6. The van der Waals surface area contributed by atoms with Crippen LogP contribution >= 0.6 is 12.6 Å². The smallest absolute Gasteiger partial charge is 0.256 e. The third-order valence-corrected chi connectivity index (χ3v) is 5.79. The molecule has 0 aliphatic rings. The highest BCUT2D eigenvalue weighted by molar-refractivity contribution is 7.82. The lowest BCUT2D eigenvalue weighted by Crippen LogP contribution is -2.59. The molecule has 0 fully saturated rings. The van der Waals surface area contributed by atoms with Crippen molar-refractivity contribution in [2.75, 3.05) is 7.05 Å². The quantitative estimate of drug-likeness (QED) is 0.284. The van der Waals surface area contributed by atoms with Crippen LogP contribution in [0.4, 0.5) is 0 Å². The predicted octanol–water partition coefficient (Wildman–Crippen LogP) is 3.27. The van der Waals surface area contributed by atoms with Gasteiger partial charge in [0.1, 0.15) is 6.04 Å². The van der Waals surface area contributed by atoms with E-state index in [9.17, 15) is 14.4 Å². The fraction of sp³-hybridized carbons (Fsp3) is 0.423. The number of aryl methyl sites for hydroxylation is 1. The lowest BCUT2D eigenvalue weighted by Gasteiger charge is -2.32. The van der Waals surface area contributed by atoms with Gasteiger partial charge in [0.2, 0.25) is 11.8 Å². The lowest BCUT2D eigenvalue weighted by atomic mass is 10.00. The highest BCUT2D eigenvalue weighted by Crippen LogP contribution is 2.23. The molecule has 2 atom stereocenters. The Labute approximate surface area is 202 Å². The average molecular weight is 470 g/mol. The van der Waals surface area contributed by atoms with E-state index in [2.05, 4.69) is 28.6 Å². The largest absolute Gasteiger partial charge is 0.357 e. The molecule has 0 unspecified atom stereocenters. The van der Waals surface area contributed by atoms with Gasteiger partial charge in [-0.05, 0) is 36.3 Å². The summed E-state index contributed by atoms with van der Waals surface area (Å²) in [4.78, 5) is 37.0. The summed E-state index contributed by atoms with van der Waals surface area (Å²) < 4.78 is 0. The molecule has 3 N–H and O–H groups in total. The SMILES string of the molecule is CNC(=O)[C@H](Cc1ccccc1)NC(=O)[C@](S)(CC(C)C)NC(=O)CCCc1ccccc1. The van der Waals surface area contributed by atoms with Crippen molar-refractivity contribution in [2.45, 2.75) is 56.9 Å². The molecule has 0 saturated carbocycles. The highest BCUT2D eigenvalue weighted by Gasteiger charge is 2.38. The van der Waals surface area contributed by atoms with E-state index >= 15 is 0 Å². The standard InChI is InChI=1S/C26H35N3O3S/c1-19(2)18-26(33,29-23(30)16-10-15-20-11-6-4-7-12-20)25(32)28-22(24(31)27-3)17-21-13-8-5-9-14-21/h4-9,11-14,19,22,33H,10,15-18H2,1-3H3,(H,27,31)(H,28,32)(H,29,30)/t22-,26+/m0/s1. The maximum atomic E-state index is 13.3. The Hall–Kier alpha value is -2.80. The van der Waals surface area contributed by atoms with Gasteiger partial charge in [-0.3, -0.25) is 14.4 Å². The summed E-state index contributed by atoms with van der Waals surface area (Å²) in [5.74, 6) is -0.927. The zero-order chi connectivity index (χ0) is 24.3. The van der Waals surface area contributed by atoms with Crippen molar-refractivity contribution in [2.24, 2.45) is 5.92 Å². The van der Waals surface area contributed by atoms with Gasteiger partial charge in [0.15, 0.2) is 4.87 Å². The highest BCUT2D eigenvalue weighted by atomic mass is 32.1. The van der Waals surface area contributed by atoms with Crippen LogP contribution < -0.4 is 16.0 Å². The average Bonchev–Trinajstić information content (AvgIpc) is 2.78. The van der Waals surface area contributed by atoms with Crippen LogP contribution in [0, 0.1) is 5.92 Å². The van der Waals surface area contributed by atoms with Gasteiger partial charge in [-0.1, -0.05) is 74.5 Å². The van der Waals surface area contributed by atoms with Crippen molar-refractivity contribution in [3.63, 3.8) is 0 Å². The molecule has 2 aromatic rings. The van der Waals surface area contributed by atoms with Gasteiger partial charge >= 0.3 is 0 Å². The third-order valence-electron chi connectivity index (χ3n) is 5.29. The van der Waals surface area contributed by atoms with Gasteiger partial charge in [-0.15, -0.1) is 12.6 Å². The van der Waals surface area contributed by atoms with Crippen molar-refractivity contribution in [1.82, 2.24) is 16.0 Å². The van der Waals surface area contributed by atoms with E-state index in [1.165, 1.54) is 7.05 Å². The van der Waals surface area contributed by atoms with Crippen LogP contribution in [0.2, 0.25) is 0 Å². The minimum absolute atomic E-state index is 0.102. The first-order valence-corrected chi connectivity index (χ1v) is 11.8. The van der Waals surface area contributed by atoms with Crippen LogP contribution in [0.1, 0.15) is 44.2 Å². The number of hydrogen-bond donors (Lipinski definition) is 4. The number of hydrogen-bond acceptors (Lipinski definition) is 4. The first-order chi connectivity index (χ1) is 15.7. The minimum Gasteiger partial charge on any atom is -0.357 e. The monoisotopic (exact) mass is 469 g/mol. The number of carbonyl (C=O) groups is 3. The minimum atomic E-state index is -1.42. The second kappa shape index (κ2) is 13.0. The second-order valence-electron chi connectivity index (χ2n) is 8.68. The van der Waals surface area contributed by atoms with Crippen molar-refractivity contribution in [3.05, 3.63) is 71.8 Å². The number of carbonyl (C=O) groups excluding carboxylic acids is 3. The Morgan fingerprint density at radius 3 is 2.06 bits per heavy atom. The number of rotatable bonds is 12. The summed E-state index contributed by atoms with van der Waals surface area (Å²) in [5.41, 5.74) is 2.08. The molecule has 0 aliphatic heterocycles. The van der Waals surface area contributed by atoms with E-state index in [1.54, 1.807) is 0 Å². The van der Waals surface area contributed by atoms with Crippen LogP contribution in [-0.2, 0) is 27.2 Å². The molecule has 0 saturated heterocycles. The fourth-order valence-corrected chi connectivity index (χ4v) is 4.25. The Morgan fingerprint density at radius 2 is 1.52 bits per heavy atom. The molecule has 0 aromatic heterocycles. The van der Waals surface area contributed by atoms with Gasteiger partial charge in [0.25, 0.3) is 5.91 Å². The van der Waals surface area contributed by atoms with Crippen LogP contribution in [0.5, 0.6) is 0 Å². The summed E-state index contributed by atoms with van der Waals surface area (Å²) in [6.07, 6.45) is 2.39. The second-order valence-corrected chi connectivity index (χ2v) is 9.44. The van der Waals surface area contributed by atoms with Gasteiger partial charge in [0.05, 0.1) is 0 Å². The zero-order valence-electron chi connectivity index (χ0n) is 19.6. The maximum absolute atomic E-state index is 13.3. The molecule has 0 bridgehead atoms. The molecular formula is C26H35N3O3S. The number of amides is 3. The maximum Gasteiger partial charge on any atom is 0.256 e. The molecule has 6 nitrogen and oxygen atoms in total. The molecule has 7 heteroatoms. The molecular weight excluding hydrogens is 434 g/mol. The van der Waals surface area contributed by atoms with E-state index in [1.807, 2.05) is 74.5 Å². The lowest BCUT2D eigenvalue weighted by molar-refractivity contribution is -0.133. The van der Waals surface area contributed by atoms with E-state index in [-0.39, 0.29) is 24.2 Å². The molecule has 178 valence electrons. The summed E-state index contributed by atoms with van der Waals surface area (Å²) >= 11 is 4.61. The Morgan fingerprint density at radius 1 is 0.939 bits per heavy atom. The van der Waals surface area contributed by atoms with Gasteiger partial charge in [-0.2, -0.15) is 0 Å². The van der Waals surface area contributed by atoms with E-state index in [0.717, 1.165) is 17.5 Å². The van der Waals surface area contributed by atoms with Gasteiger partial charge < -0.3 is 16.0 Å². The van der Waals surface area contributed by atoms with Crippen molar-refractivity contribution in [1.29, 1.82) is 0 Å². The van der Waals surface area contributed by atoms with Crippen LogP contribution in [0.3, 0.4) is 0 Å². The molecule has 0 radical (unpaired) electrons. The summed E-state index contributed by atoms with van der Waals surface area (Å²) in [7, 11) is 1.53. The van der Waals surface area contributed by atoms with Crippen LogP contribution in [0.15, 0.2) is 60.7 Å². The topological polar surface area (TPSA) is 87.3 Å². The number of thiol groups is 1. The first-order valence-electron chi connectivity index (χ1n) is 11.4. The fourth-order valence-electron chi connectivity index (χ4n) is 3.69. The Balaban J connectivity index is 2.05. The predicted molar refractivity (Wildman–Crippen MR) is 135 cm³/mol. The van der Waals surface area contributed by atoms with E-state index in [0.29, 0.717) is 19.3 Å². The van der Waals surface area contributed by atoms with Crippen LogP contribution in [-0.4, -0.2) is 35.7 Å². The third kappa shape index (κ3) is 8.92. The molecule has 33 heavy (non-hydrogen) atoms. The zero-order valence-corrected chi connectivity index (χ0v) is 20.5. The molecule has 0 spiro atoms.